The molecule has 1 N–H and O–H groups in total. The summed E-state index contributed by atoms with van der Waals surface area (Å²) in [5.74, 6) is -1.96. The largest absolute Gasteiger partial charge is 0.471 e. The monoisotopic (exact) mass is 342 g/mol. The standard InChI is InChI=1S/C14H13F3N4O3/c1-8(20-23-2)12(22)18-7-9-3-5-10(6-4-9)11-19-13(24-21-11)14(15,16)17/h3-6H,7H2,1-2H3,(H,18,22)/b20-8+. The summed E-state index contributed by atoms with van der Waals surface area (Å²) in [6.45, 7) is 1.71. The first kappa shape index (κ1) is 17.4. The predicted molar refractivity (Wildman–Crippen MR) is 76.7 cm³/mol. The van der Waals surface area contributed by atoms with Crippen molar-refractivity contribution in [1.29, 1.82) is 0 Å². The molecule has 0 bridgehead atoms. The van der Waals surface area contributed by atoms with Crippen molar-refractivity contribution in [2.75, 3.05) is 7.11 Å². The van der Waals surface area contributed by atoms with Gasteiger partial charge in [-0.2, -0.15) is 18.2 Å². The van der Waals surface area contributed by atoms with Crippen LogP contribution < -0.4 is 5.32 Å². The summed E-state index contributed by atoms with van der Waals surface area (Å²) in [7, 11) is 1.33. The van der Waals surface area contributed by atoms with Crippen LogP contribution in [0.2, 0.25) is 0 Å². The first-order valence-corrected chi connectivity index (χ1v) is 6.67. The van der Waals surface area contributed by atoms with Crippen molar-refractivity contribution >= 4 is 11.6 Å². The molecule has 7 nitrogen and oxygen atoms in total. The van der Waals surface area contributed by atoms with Crippen LogP contribution in [-0.2, 0) is 22.4 Å². The summed E-state index contributed by atoms with van der Waals surface area (Å²) in [6.07, 6.45) is -4.68. The third-order valence-corrected chi connectivity index (χ3v) is 2.89. The van der Waals surface area contributed by atoms with Gasteiger partial charge in [-0.25, -0.2) is 0 Å². The Bertz CT molecular complexity index is 738. The number of carbonyl (C=O) groups excluding carboxylic acids is 1. The van der Waals surface area contributed by atoms with Crippen molar-refractivity contribution < 1.29 is 27.3 Å². The fourth-order valence-corrected chi connectivity index (χ4v) is 1.72. The minimum atomic E-state index is -4.68. The van der Waals surface area contributed by atoms with Gasteiger partial charge < -0.3 is 14.7 Å². The highest BCUT2D eigenvalue weighted by Crippen LogP contribution is 2.29. The molecule has 0 radical (unpaired) electrons. The Morgan fingerprint density at radius 2 is 2.00 bits per heavy atom. The van der Waals surface area contributed by atoms with Crippen molar-refractivity contribution in [1.82, 2.24) is 15.5 Å². The van der Waals surface area contributed by atoms with E-state index in [0.29, 0.717) is 5.56 Å². The lowest BCUT2D eigenvalue weighted by molar-refractivity contribution is -0.159. The van der Waals surface area contributed by atoms with Gasteiger partial charge in [0.15, 0.2) is 0 Å². The van der Waals surface area contributed by atoms with Gasteiger partial charge in [0, 0.05) is 12.1 Å². The van der Waals surface area contributed by atoms with E-state index in [1.807, 2.05) is 0 Å². The number of hydrogen-bond acceptors (Lipinski definition) is 6. The van der Waals surface area contributed by atoms with E-state index in [4.69, 9.17) is 0 Å². The Morgan fingerprint density at radius 3 is 2.54 bits per heavy atom. The van der Waals surface area contributed by atoms with Gasteiger partial charge in [0.25, 0.3) is 5.91 Å². The zero-order valence-electron chi connectivity index (χ0n) is 12.7. The van der Waals surface area contributed by atoms with E-state index in [2.05, 4.69) is 30.0 Å². The molecule has 0 aliphatic carbocycles. The van der Waals surface area contributed by atoms with Crippen molar-refractivity contribution in [3.8, 4) is 11.4 Å². The second kappa shape index (κ2) is 7.11. The van der Waals surface area contributed by atoms with E-state index in [9.17, 15) is 18.0 Å². The number of rotatable bonds is 5. The SMILES string of the molecule is CO/N=C(\C)C(=O)NCc1ccc(-c2noc(C(F)(F)F)n2)cc1. The number of hydrogen-bond donors (Lipinski definition) is 1. The Morgan fingerprint density at radius 1 is 1.33 bits per heavy atom. The van der Waals surface area contributed by atoms with E-state index >= 15 is 0 Å². The van der Waals surface area contributed by atoms with Crippen LogP contribution in [0.15, 0.2) is 33.9 Å². The molecule has 0 unspecified atom stereocenters. The molecule has 0 atom stereocenters. The molecule has 0 saturated heterocycles. The van der Waals surface area contributed by atoms with Crippen LogP contribution in [0, 0.1) is 0 Å². The lowest BCUT2D eigenvalue weighted by Gasteiger charge is -2.05. The summed E-state index contributed by atoms with van der Waals surface area (Å²) < 4.78 is 41.4. The number of amides is 1. The molecule has 1 aromatic heterocycles. The fraction of sp³-hybridized carbons (Fsp3) is 0.286. The van der Waals surface area contributed by atoms with Gasteiger partial charge in [-0.05, 0) is 12.5 Å². The topological polar surface area (TPSA) is 89.6 Å². The van der Waals surface area contributed by atoms with Gasteiger partial charge in [0.2, 0.25) is 5.82 Å². The molecule has 0 aliphatic heterocycles. The smallest absolute Gasteiger partial charge is 0.399 e. The fourth-order valence-electron chi connectivity index (χ4n) is 1.72. The molecule has 0 saturated carbocycles. The van der Waals surface area contributed by atoms with E-state index < -0.39 is 18.0 Å². The molecule has 0 fully saturated rings. The maximum Gasteiger partial charge on any atom is 0.471 e. The maximum absolute atomic E-state index is 12.4. The quantitative estimate of drug-likeness (QED) is 0.666. The van der Waals surface area contributed by atoms with Crippen molar-refractivity contribution in [2.24, 2.45) is 5.16 Å². The Labute approximate surface area is 134 Å². The number of benzene rings is 1. The maximum atomic E-state index is 12.4. The molecule has 24 heavy (non-hydrogen) atoms. The normalized spacial score (nSPS) is 12.1. The van der Waals surface area contributed by atoms with Crippen molar-refractivity contribution in [3.05, 3.63) is 35.7 Å². The Hall–Kier alpha value is -2.91. The minimum Gasteiger partial charge on any atom is -0.399 e. The molecular weight excluding hydrogens is 329 g/mol. The number of aromatic nitrogens is 2. The van der Waals surface area contributed by atoms with E-state index in [-0.39, 0.29) is 18.1 Å². The highest BCUT2D eigenvalue weighted by Gasteiger charge is 2.38. The van der Waals surface area contributed by atoms with Crippen LogP contribution in [0.25, 0.3) is 11.4 Å². The highest BCUT2D eigenvalue weighted by atomic mass is 19.4. The average molecular weight is 342 g/mol. The van der Waals surface area contributed by atoms with Gasteiger partial charge in [-0.3, -0.25) is 4.79 Å². The Kier molecular flexibility index (Phi) is 5.17. The summed E-state index contributed by atoms with van der Waals surface area (Å²) >= 11 is 0. The first-order chi connectivity index (χ1) is 11.3. The van der Waals surface area contributed by atoms with Gasteiger partial charge in [0.05, 0.1) is 0 Å². The van der Waals surface area contributed by atoms with Crippen molar-refractivity contribution in [3.63, 3.8) is 0 Å². The molecule has 2 rings (SSSR count). The number of oxime groups is 1. The number of carbonyl (C=O) groups is 1. The summed E-state index contributed by atoms with van der Waals surface area (Å²) in [5.41, 5.74) is 1.26. The van der Waals surface area contributed by atoms with Crippen LogP contribution in [0.5, 0.6) is 0 Å². The molecule has 2 aromatic rings. The minimum absolute atomic E-state index is 0.166. The van der Waals surface area contributed by atoms with Crippen LogP contribution in [0.1, 0.15) is 18.4 Å². The Balaban J connectivity index is 2.02. The third-order valence-electron chi connectivity index (χ3n) is 2.89. The molecular formula is C14H13F3N4O3. The zero-order valence-corrected chi connectivity index (χ0v) is 12.7. The van der Waals surface area contributed by atoms with Crippen LogP contribution in [-0.4, -0.2) is 28.9 Å². The second-order valence-electron chi connectivity index (χ2n) is 4.66. The van der Waals surface area contributed by atoms with Gasteiger partial charge in [-0.1, -0.05) is 34.6 Å². The summed E-state index contributed by atoms with van der Waals surface area (Å²) in [4.78, 5) is 19.4. The zero-order chi connectivity index (χ0) is 17.7. The number of nitrogens with zero attached hydrogens (tertiary/aromatic N) is 3. The number of nitrogens with one attached hydrogen (secondary N) is 1. The molecule has 1 amide bonds. The lowest BCUT2D eigenvalue weighted by atomic mass is 10.1. The van der Waals surface area contributed by atoms with Gasteiger partial charge in [0.1, 0.15) is 12.8 Å². The molecule has 1 heterocycles. The molecule has 1 aromatic carbocycles. The molecule has 0 aliphatic rings. The predicted octanol–water partition coefficient (Wildman–Crippen LogP) is 2.39. The highest BCUT2D eigenvalue weighted by molar-refractivity contribution is 6.37. The van der Waals surface area contributed by atoms with Gasteiger partial charge >= 0.3 is 12.1 Å². The van der Waals surface area contributed by atoms with E-state index in [1.54, 1.807) is 12.1 Å². The molecule has 10 heteroatoms. The van der Waals surface area contributed by atoms with Crippen LogP contribution in [0.4, 0.5) is 13.2 Å². The van der Waals surface area contributed by atoms with Crippen LogP contribution >= 0.6 is 0 Å². The summed E-state index contributed by atoms with van der Waals surface area (Å²) in [5, 5.41) is 9.41. The van der Waals surface area contributed by atoms with E-state index in [1.165, 1.54) is 26.2 Å². The lowest BCUT2D eigenvalue weighted by Crippen LogP contribution is -2.28. The van der Waals surface area contributed by atoms with Crippen molar-refractivity contribution in [2.45, 2.75) is 19.6 Å². The van der Waals surface area contributed by atoms with E-state index in [0.717, 1.165) is 5.56 Å². The molecule has 128 valence electrons. The third kappa shape index (κ3) is 4.31. The molecule has 0 spiro atoms. The first-order valence-electron chi connectivity index (χ1n) is 6.67. The van der Waals surface area contributed by atoms with Gasteiger partial charge in [-0.15, -0.1) is 0 Å². The summed E-state index contributed by atoms with van der Waals surface area (Å²) in [6, 6.07) is 6.31. The van der Waals surface area contributed by atoms with Crippen LogP contribution in [0.3, 0.4) is 0 Å². The second-order valence-corrected chi connectivity index (χ2v) is 4.66. The average Bonchev–Trinajstić information content (AvgIpc) is 3.03. The number of alkyl halides is 3. The number of halogens is 3.